The van der Waals surface area contributed by atoms with E-state index in [2.05, 4.69) is 9.97 Å². The Labute approximate surface area is 126 Å². The number of anilines is 1. The van der Waals surface area contributed by atoms with E-state index >= 15 is 0 Å². The lowest BCUT2D eigenvalue weighted by Gasteiger charge is -2.10. The smallest absolute Gasteiger partial charge is 0.152 e. The maximum Gasteiger partial charge on any atom is 0.152 e. The zero-order valence-electron chi connectivity index (χ0n) is 11.8. The highest BCUT2D eigenvalue weighted by Crippen LogP contribution is 2.23. The second-order valence-corrected chi connectivity index (χ2v) is 5.56. The van der Waals surface area contributed by atoms with Gasteiger partial charge < -0.3 is 10.7 Å². The third-order valence-corrected chi connectivity index (χ3v) is 4.30. The Kier molecular flexibility index (Phi) is 3.35. The summed E-state index contributed by atoms with van der Waals surface area (Å²) in [6.45, 7) is 3.96. The van der Waals surface area contributed by atoms with Gasteiger partial charge in [-0.3, -0.25) is 0 Å². The number of hydrogen-bond acceptors (Lipinski definition) is 3. The summed E-state index contributed by atoms with van der Waals surface area (Å²) in [5, 5.41) is 0. The second kappa shape index (κ2) is 5.18. The van der Waals surface area contributed by atoms with Crippen molar-refractivity contribution < 1.29 is 4.21 Å². The number of aromatic amines is 1. The molecule has 21 heavy (non-hydrogen) atoms. The summed E-state index contributed by atoms with van der Waals surface area (Å²) in [4.78, 5) is 8.19. The standard InChI is InChI=1S/C16H15N3OS/c1-9-7-8-11(14(17)10(9)2)15(21-20)16-18-12-5-3-4-6-13(12)19-16/h3-8H,17H2,1-2H3,(H,18,19). The number of rotatable bonds is 2. The minimum Gasteiger partial charge on any atom is -0.398 e. The van der Waals surface area contributed by atoms with Gasteiger partial charge in [-0.15, -0.1) is 0 Å². The molecule has 2 aromatic carbocycles. The number of H-pyrrole nitrogens is 1. The van der Waals surface area contributed by atoms with Gasteiger partial charge in [-0.25, -0.2) is 9.19 Å². The van der Waals surface area contributed by atoms with Crippen LogP contribution in [0, 0.1) is 13.8 Å². The third kappa shape index (κ3) is 2.25. The van der Waals surface area contributed by atoms with Gasteiger partial charge in [0.05, 0.1) is 11.0 Å². The molecule has 0 aliphatic heterocycles. The third-order valence-electron chi connectivity index (χ3n) is 3.72. The minimum atomic E-state index is 0.413. The van der Waals surface area contributed by atoms with Crippen LogP contribution in [0.3, 0.4) is 0 Å². The van der Waals surface area contributed by atoms with Crippen molar-refractivity contribution in [3.8, 4) is 0 Å². The SMILES string of the molecule is Cc1ccc(C(=S=O)c2nc3ccccc3[nH]2)c(N)c1C. The zero-order chi connectivity index (χ0) is 15.0. The first-order valence-electron chi connectivity index (χ1n) is 6.59. The van der Waals surface area contributed by atoms with E-state index in [9.17, 15) is 4.21 Å². The molecule has 0 spiro atoms. The van der Waals surface area contributed by atoms with E-state index in [1.165, 1.54) is 0 Å². The van der Waals surface area contributed by atoms with E-state index in [4.69, 9.17) is 5.73 Å². The molecule has 0 amide bonds. The number of imidazole rings is 1. The Balaban J connectivity index is 2.19. The summed E-state index contributed by atoms with van der Waals surface area (Å²) >= 11 is 0.413. The fourth-order valence-corrected chi connectivity index (χ4v) is 2.75. The van der Waals surface area contributed by atoms with Gasteiger partial charge in [0.1, 0.15) is 16.1 Å². The number of para-hydroxylation sites is 2. The van der Waals surface area contributed by atoms with Crippen LogP contribution < -0.4 is 5.73 Å². The predicted octanol–water partition coefficient (Wildman–Crippen LogP) is 2.54. The topological polar surface area (TPSA) is 71.8 Å². The van der Waals surface area contributed by atoms with Crippen LogP contribution >= 0.6 is 0 Å². The average molecular weight is 297 g/mol. The molecule has 3 aromatic rings. The second-order valence-electron chi connectivity index (χ2n) is 4.98. The Hall–Kier alpha value is -2.40. The molecule has 0 aliphatic carbocycles. The van der Waals surface area contributed by atoms with Gasteiger partial charge in [-0.1, -0.05) is 24.3 Å². The molecule has 0 fully saturated rings. The van der Waals surface area contributed by atoms with Gasteiger partial charge in [0.15, 0.2) is 5.82 Å². The summed E-state index contributed by atoms with van der Waals surface area (Å²) in [6, 6.07) is 11.5. The minimum absolute atomic E-state index is 0.413. The van der Waals surface area contributed by atoms with Gasteiger partial charge in [0, 0.05) is 11.3 Å². The van der Waals surface area contributed by atoms with E-state index in [-0.39, 0.29) is 0 Å². The summed E-state index contributed by atoms with van der Waals surface area (Å²) < 4.78 is 11.6. The molecular weight excluding hydrogens is 282 g/mol. The maximum absolute atomic E-state index is 11.6. The van der Waals surface area contributed by atoms with Crippen molar-refractivity contribution in [1.82, 2.24) is 9.97 Å². The highest BCUT2D eigenvalue weighted by Gasteiger charge is 2.16. The van der Waals surface area contributed by atoms with Crippen molar-refractivity contribution in [1.29, 1.82) is 0 Å². The van der Waals surface area contributed by atoms with E-state index < -0.39 is 0 Å². The molecule has 5 heteroatoms. The van der Waals surface area contributed by atoms with Crippen molar-refractivity contribution in [3.05, 3.63) is 58.9 Å². The number of nitrogens with one attached hydrogen (secondary N) is 1. The summed E-state index contributed by atoms with van der Waals surface area (Å²) in [5.74, 6) is 0.561. The maximum atomic E-state index is 11.6. The molecule has 3 N–H and O–H groups in total. The Bertz CT molecular complexity index is 859. The van der Waals surface area contributed by atoms with Crippen LogP contribution in [0.4, 0.5) is 5.69 Å². The van der Waals surface area contributed by atoms with Crippen LogP contribution in [0.25, 0.3) is 11.0 Å². The van der Waals surface area contributed by atoms with Crippen molar-refractivity contribution in [3.63, 3.8) is 0 Å². The van der Waals surface area contributed by atoms with Crippen molar-refractivity contribution in [2.45, 2.75) is 13.8 Å². The number of fused-ring (bicyclic) bond motifs is 1. The van der Waals surface area contributed by atoms with E-state index in [1.54, 1.807) is 0 Å². The average Bonchev–Trinajstić information content (AvgIpc) is 2.91. The first kappa shape index (κ1) is 13.6. The Morgan fingerprint density at radius 1 is 1.19 bits per heavy atom. The van der Waals surface area contributed by atoms with Crippen LogP contribution in [0.5, 0.6) is 0 Å². The van der Waals surface area contributed by atoms with E-state index in [0.717, 1.165) is 27.7 Å². The van der Waals surface area contributed by atoms with Gasteiger partial charge in [0.2, 0.25) is 0 Å². The van der Waals surface area contributed by atoms with Gasteiger partial charge in [-0.05, 0) is 37.1 Å². The highest BCUT2D eigenvalue weighted by atomic mass is 32.1. The molecule has 1 heterocycles. The molecule has 106 valence electrons. The lowest BCUT2D eigenvalue weighted by Crippen LogP contribution is -2.10. The molecule has 0 aliphatic rings. The lowest BCUT2D eigenvalue weighted by atomic mass is 10.0. The molecule has 3 rings (SSSR count). The number of hydrogen-bond donors (Lipinski definition) is 2. The van der Waals surface area contributed by atoms with Gasteiger partial charge in [-0.2, -0.15) is 0 Å². The van der Waals surface area contributed by atoms with Crippen LogP contribution in [-0.2, 0) is 11.3 Å². The number of aryl methyl sites for hydroxylation is 1. The number of aromatic nitrogens is 2. The summed E-state index contributed by atoms with van der Waals surface area (Å²) in [5.41, 5.74) is 11.4. The van der Waals surface area contributed by atoms with Crippen LogP contribution in [-0.4, -0.2) is 19.0 Å². The molecular formula is C16H15N3OS. The lowest BCUT2D eigenvalue weighted by molar-refractivity contribution is 0.701. The van der Waals surface area contributed by atoms with Crippen molar-refractivity contribution in [2.75, 3.05) is 5.73 Å². The van der Waals surface area contributed by atoms with E-state index in [0.29, 0.717) is 27.6 Å². The molecule has 0 atom stereocenters. The van der Waals surface area contributed by atoms with Gasteiger partial charge >= 0.3 is 0 Å². The molecule has 0 bridgehead atoms. The molecule has 0 saturated heterocycles. The van der Waals surface area contributed by atoms with Crippen LogP contribution in [0.1, 0.15) is 22.5 Å². The van der Waals surface area contributed by atoms with Crippen molar-refractivity contribution >= 4 is 32.8 Å². The molecule has 1 aromatic heterocycles. The van der Waals surface area contributed by atoms with Gasteiger partial charge in [0.25, 0.3) is 0 Å². The molecule has 0 saturated carbocycles. The summed E-state index contributed by atoms with van der Waals surface area (Å²) in [7, 11) is 0. The fraction of sp³-hybridized carbons (Fsp3) is 0.125. The highest BCUT2D eigenvalue weighted by molar-refractivity contribution is 7.67. The largest absolute Gasteiger partial charge is 0.398 e. The summed E-state index contributed by atoms with van der Waals surface area (Å²) in [6.07, 6.45) is 0. The predicted molar refractivity (Wildman–Crippen MR) is 87.8 cm³/mol. The van der Waals surface area contributed by atoms with Crippen LogP contribution in [0.15, 0.2) is 36.4 Å². The number of nitrogens with two attached hydrogens (primary N) is 1. The van der Waals surface area contributed by atoms with Crippen LogP contribution in [0.2, 0.25) is 0 Å². The Morgan fingerprint density at radius 3 is 2.67 bits per heavy atom. The zero-order valence-corrected chi connectivity index (χ0v) is 12.6. The monoisotopic (exact) mass is 297 g/mol. The Morgan fingerprint density at radius 2 is 1.95 bits per heavy atom. The number of nitrogen functional groups attached to an aromatic ring is 1. The number of benzene rings is 2. The quantitative estimate of drug-likeness (QED) is 0.434. The van der Waals surface area contributed by atoms with Crippen molar-refractivity contribution in [2.24, 2.45) is 0 Å². The molecule has 4 nitrogen and oxygen atoms in total. The fourth-order valence-electron chi connectivity index (χ4n) is 2.31. The first-order chi connectivity index (χ1) is 10.1. The number of nitrogens with zero attached hydrogens (tertiary/aromatic N) is 1. The molecule has 0 unspecified atom stereocenters. The van der Waals surface area contributed by atoms with E-state index in [1.807, 2.05) is 50.2 Å². The normalized spacial score (nSPS) is 10.8. The molecule has 0 radical (unpaired) electrons. The first-order valence-corrected chi connectivity index (χ1v) is 7.34.